The third-order valence-corrected chi connectivity index (χ3v) is 8.27. The summed E-state index contributed by atoms with van der Waals surface area (Å²) in [6.07, 6.45) is -11.8. The summed E-state index contributed by atoms with van der Waals surface area (Å²) < 4.78 is 35.4. The lowest BCUT2D eigenvalue weighted by Crippen LogP contribution is -2.66. The van der Waals surface area contributed by atoms with Gasteiger partial charge in [0, 0.05) is 31.7 Å². The van der Waals surface area contributed by atoms with E-state index in [0.717, 1.165) is 0 Å². The molecule has 17 atom stereocenters. The Morgan fingerprint density at radius 1 is 0.721 bits per heavy atom. The number of ether oxygens (including phenoxy) is 6. The van der Waals surface area contributed by atoms with E-state index in [1.165, 1.54) is 0 Å². The standard InChI is InChI=1S/C25H48N6O12/c26-6-9-1-2-10(28)23(38-9)41-20-11(29)5-12(31-3-4-32)16(34)22(20)43-25-19(37)21(14(8-33)40-25)42-24-15(30)18(36)17(35)13(7-27)39-24/h1-2,9-25,31-37H,3-8,26-30H2/t9-,10+,11-,12+,13-,14+,15+,16-,17+,18+,19+,20+,21+,22+,23+,24+,25-/m0/s1. The normalized spacial score (nSPS) is 49.0. The van der Waals surface area contributed by atoms with Gasteiger partial charge in [-0.15, -0.1) is 0 Å². The highest BCUT2D eigenvalue weighted by atomic mass is 16.8. The van der Waals surface area contributed by atoms with Crippen LogP contribution in [0.1, 0.15) is 6.42 Å². The number of nitrogens with one attached hydrogen (secondary N) is 1. The van der Waals surface area contributed by atoms with Crippen LogP contribution in [0.4, 0.5) is 0 Å². The molecule has 250 valence electrons. The highest BCUT2D eigenvalue weighted by Crippen LogP contribution is 2.34. The molecular formula is C25H48N6O12. The Balaban J connectivity index is 1.52. The van der Waals surface area contributed by atoms with Gasteiger partial charge in [0.2, 0.25) is 0 Å². The number of hydrogen-bond donors (Lipinski definition) is 12. The Hall–Kier alpha value is -0.980. The van der Waals surface area contributed by atoms with E-state index in [2.05, 4.69) is 5.32 Å². The molecule has 18 heteroatoms. The summed E-state index contributed by atoms with van der Waals surface area (Å²) in [5.41, 5.74) is 30.0. The van der Waals surface area contributed by atoms with Crippen molar-refractivity contribution in [3.8, 4) is 0 Å². The van der Waals surface area contributed by atoms with E-state index in [4.69, 9.17) is 57.1 Å². The molecule has 0 aromatic heterocycles. The van der Waals surface area contributed by atoms with Crippen molar-refractivity contribution >= 4 is 0 Å². The fourth-order valence-corrected chi connectivity index (χ4v) is 5.80. The predicted molar refractivity (Wildman–Crippen MR) is 146 cm³/mol. The van der Waals surface area contributed by atoms with Crippen LogP contribution in [0.25, 0.3) is 0 Å². The summed E-state index contributed by atoms with van der Waals surface area (Å²) >= 11 is 0. The highest BCUT2D eigenvalue weighted by molar-refractivity contribution is 5.05. The van der Waals surface area contributed by atoms with Crippen LogP contribution in [0.5, 0.6) is 0 Å². The van der Waals surface area contributed by atoms with Gasteiger partial charge in [-0.2, -0.15) is 0 Å². The number of rotatable bonds is 12. The van der Waals surface area contributed by atoms with Crippen LogP contribution in [0, 0.1) is 0 Å². The first-order valence-electron chi connectivity index (χ1n) is 14.5. The van der Waals surface area contributed by atoms with Crippen molar-refractivity contribution in [2.75, 3.05) is 32.8 Å². The van der Waals surface area contributed by atoms with Crippen LogP contribution in [0.15, 0.2) is 12.2 Å². The number of hydrogen-bond acceptors (Lipinski definition) is 18. The van der Waals surface area contributed by atoms with E-state index in [0.29, 0.717) is 0 Å². The summed E-state index contributed by atoms with van der Waals surface area (Å²) in [7, 11) is 0. The van der Waals surface area contributed by atoms with Crippen LogP contribution >= 0.6 is 0 Å². The summed E-state index contributed by atoms with van der Waals surface area (Å²) in [6, 6.07) is -3.24. The summed E-state index contributed by atoms with van der Waals surface area (Å²) in [5, 5.41) is 65.4. The molecule has 0 aromatic rings. The first-order chi connectivity index (χ1) is 20.5. The first-order valence-corrected chi connectivity index (χ1v) is 14.5. The summed E-state index contributed by atoms with van der Waals surface area (Å²) in [5.74, 6) is 0. The zero-order valence-electron chi connectivity index (χ0n) is 23.7. The van der Waals surface area contributed by atoms with Crippen molar-refractivity contribution in [1.82, 2.24) is 5.32 Å². The third-order valence-electron chi connectivity index (χ3n) is 8.27. The lowest BCUT2D eigenvalue weighted by atomic mass is 9.83. The lowest BCUT2D eigenvalue weighted by molar-refractivity contribution is -0.284. The second kappa shape index (κ2) is 15.5. The van der Waals surface area contributed by atoms with Gasteiger partial charge in [0.15, 0.2) is 18.9 Å². The van der Waals surface area contributed by atoms with Gasteiger partial charge in [0.25, 0.3) is 0 Å². The minimum Gasteiger partial charge on any atom is -0.395 e. The topological polar surface area (TPSA) is 319 Å². The Labute approximate surface area is 248 Å². The zero-order chi connectivity index (χ0) is 31.4. The molecule has 1 aliphatic carbocycles. The molecular weight excluding hydrogens is 576 g/mol. The van der Waals surface area contributed by atoms with Crippen molar-refractivity contribution in [3.05, 3.63) is 12.2 Å². The molecule has 0 unspecified atom stereocenters. The van der Waals surface area contributed by atoms with Crippen LogP contribution in [-0.2, 0) is 28.4 Å². The van der Waals surface area contributed by atoms with Crippen molar-refractivity contribution in [3.63, 3.8) is 0 Å². The highest BCUT2D eigenvalue weighted by Gasteiger charge is 2.53. The van der Waals surface area contributed by atoms with Crippen molar-refractivity contribution in [2.24, 2.45) is 28.7 Å². The van der Waals surface area contributed by atoms with Gasteiger partial charge in [-0.25, -0.2) is 0 Å². The van der Waals surface area contributed by atoms with Gasteiger partial charge in [0.1, 0.15) is 48.8 Å². The van der Waals surface area contributed by atoms with Gasteiger partial charge in [-0.1, -0.05) is 12.2 Å². The number of aliphatic hydroxyl groups excluding tert-OH is 6. The molecule has 17 N–H and O–H groups in total. The molecule has 0 spiro atoms. The van der Waals surface area contributed by atoms with E-state index in [1.54, 1.807) is 12.2 Å². The predicted octanol–water partition coefficient (Wildman–Crippen LogP) is -7.44. The van der Waals surface area contributed by atoms with Crippen molar-refractivity contribution < 1.29 is 59.1 Å². The van der Waals surface area contributed by atoms with E-state index in [1.807, 2.05) is 0 Å². The third kappa shape index (κ3) is 7.71. The van der Waals surface area contributed by atoms with E-state index in [9.17, 15) is 30.6 Å². The van der Waals surface area contributed by atoms with Gasteiger partial charge >= 0.3 is 0 Å². The minimum absolute atomic E-state index is 0.146. The minimum atomic E-state index is -1.55. The van der Waals surface area contributed by atoms with Crippen LogP contribution < -0.4 is 34.0 Å². The average molecular weight is 625 g/mol. The average Bonchev–Trinajstić information content (AvgIpc) is 3.30. The second-order valence-electron chi connectivity index (χ2n) is 11.3. The summed E-state index contributed by atoms with van der Waals surface area (Å²) in [6.45, 7) is -0.598. The lowest BCUT2D eigenvalue weighted by Gasteiger charge is -2.46. The SMILES string of the molecule is NC[C@@H]1O[C@H](O[C@H]2[C@@H](O)[C@H](O[C@@H]3[C@@H](O)[C@H](NCCO)C[C@H](N)[C@H]3O[C@H]3O[C@H](CN)C=C[C@H]3N)O[C@@H]2CO)[C@H](N)[C@@H](O)[C@@H]1O. The maximum atomic E-state index is 11.4. The molecule has 4 rings (SSSR count). The Morgan fingerprint density at radius 3 is 2.05 bits per heavy atom. The smallest absolute Gasteiger partial charge is 0.187 e. The molecule has 3 fully saturated rings. The van der Waals surface area contributed by atoms with Crippen molar-refractivity contribution in [1.29, 1.82) is 0 Å². The zero-order valence-corrected chi connectivity index (χ0v) is 23.7. The fourth-order valence-electron chi connectivity index (χ4n) is 5.80. The van der Waals surface area contributed by atoms with Crippen LogP contribution in [0.2, 0.25) is 0 Å². The van der Waals surface area contributed by atoms with Crippen LogP contribution in [-0.4, -0.2) is 168 Å². The van der Waals surface area contributed by atoms with Gasteiger partial charge in [-0.05, 0) is 6.42 Å². The van der Waals surface area contributed by atoms with Crippen molar-refractivity contribution in [2.45, 2.75) is 110 Å². The Morgan fingerprint density at radius 2 is 1.40 bits per heavy atom. The molecule has 3 aliphatic heterocycles. The van der Waals surface area contributed by atoms with E-state index in [-0.39, 0.29) is 32.7 Å². The molecule has 4 aliphatic rings. The quantitative estimate of drug-likeness (QED) is 0.0897. The number of nitrogens with two attached hydrogens (primary N) is 5. The molecule has 2 saturated heterocycles. The summed E-state index contributed by atoms with van der Waals surface area (Å²) in [4.78, 5) is 0. The molecule has 43 heavy (non-hydrogen) atoms. The Kier molecular flexibility index (Phi) is 12.6. The molecule has 18 nitrogen and oxygen atoms in total. The molecule has 3 heterocycles. The fraction of sp³-hybridized carbons (Fsp3) is 0.920. The molecule has 0 bridgehead atoms. The molecule has 0 amide bonds. The molecule has 0 aromatic carbocycles. The Bertz CT molecular complexity index is 896. The second-order valence-corrected chi connectivity index (χ2v) is 11.3. The van der Waals surface area contributed by atoms with E-state index >= 15 is 0 Å². The maximum absolute atomic E-state index is 11.4. The first kappa shape index (κ1) is 34.9. The van der Waals surface area contributed by atoms with Gasteiger partial charge in [-0.3, -0.25) is 0 Å². The maximum Gasteiger partial charge on any atom is 0.187 e. The largest absolute Gasteiger partial charge is 0.395 e. The molecule has 0 radical (unpaired) electrons. The van der Waals surface area contributed by atoms with E-state index < -0.39 is 111 Å². The monoisotopic (exact) mass is 624 g/mol. The number of aliphatic hydroxyl groups is 6. The molecule has 1 saturated carbocycles. The van der Waals surface area contributed by atoms with Crippen LogP contribution in [0.3, 0.4) is 0 Å². The van der Waals surface area contributed by atoms with Gasteiger partial charge in [0.05, 0.1) is 37.5 Å². The van der Waals surface area contributed by atoms with Gasteiger partial charge < -0.3 is 93.0 Å².